The van der Waals surface area contributed by atoms with E-state index in [9.17, 15) is 5.11 Å². The van der Waals surface area contributed by atoms with Crippen molar-refractivity contribution in [2.75, 3.05) is 18.0 Å². The van der Waals surface area contributed by atoms with Crippen LogP contribution in [-0.2, 0) is 0 Å². The number of piperidine rings is 1. The Bertz CT molecular complexity index is 759. The summed E-state index contributed by atoms with van der Waals surface area (Å²) in [6.07, 6.45) is 1.13. The number of nitrogens with zero attached hydrogens (tertiary/aromatic N) is 2. The molecule has 0 amide bonds. The Morgan fingerprint density at radius 3 is 2.52 bits per heavy atom. The normalized spacial score (nSPS) is 16.6. The smallest absolute Gasteiger partial charge is 0.131 e. The third-order valence-electron chi connectivity index (χ3n) is 3.88. The molecule has 23 heavy (non-hydrogen) atoms. The third kappa shape index (κ3) is 4.17. The number of hydrogen-bond acceptors (Lipinski definition) is 3. The summed E-state index contributed by atoms with van der Waals surface area (Å²) < 4.78 is 0. The summed E-state index contributed by atoms with van der Waals surface area (Å²) >= 11 is 11.9. The van der Waals surface area contributed by atoms with E-state index < -0.39 is 5.60 Å². The summed E-state index contributed by atoms with van der Waals surface area (Å²) in [5.41, 5.74) is -0.165. The molecule has 1 N–H and O–H groups in total. The van der Waals surface area contributed by atoms with Crippen LogP contribution in [0.4, 0.5) is 5.82 Å². The summed E-state index contributed by atoms with van der Waals surface area (Å²) in [5, 5.41) is 11.8. The number of anilines is 1. The van der Waals surface area contributed by atoms with Gasteiger partial charge in [0.05, 0.1) is 0 Å². The lowest BCUT2D eigenvalue weighted by Gasteiger charge is -2.35. The lowest BCUT2D eigenvalue weighted by Crippen LogP contribution is -2.43. The van der Waals surface area contributed by atoms with Crippen LogP contribution in [0.3, 0.4) is 0 Å². The first-order valence-electron chi connectivity index (χ1n) is 7.43. The second-order valence-corrected chi connectivity index (χ2v) is 6.42. The van der Waals surface area contributed by atoms with Crippen LogP contribution < -0.4 is 4.90 Å². The number of rotatable bonds is 1. The quantitative estimate of drug-likeness (QED) is 0.630. The van der Waals surface area contributed by atoms with Crippen LogP contribution in [0.15, 0.2) is 42.5 Å². The Balaban J connectivity index is 1.68. The maximum atomic E-state index is 10.6. The molecule has 3 rings (SSSR count). The number of benzene rings is 1. The van der Waals surface area contributed by atoms with Crippen LogP contribution in [0.2, 0.25) is 10.2 Å². The molecule has 0 saturated carbocycles. The van der Waals surface area contributed by atoms with Crippen molar-refractivity contribution in [2.24, 2.45) is 0 Å². The summed E-state index contributed by atoms with van der Waals surface area (Å²) in [6.45, 7) is 1.38. The van der Waals surface area contributed by atoms with E-state index >= 15 is 0 Å². The SMILES string of the molecule is OC1(C#Cc2cccc(Cl)c2)CCN(c2cccc(Cl)n2)CC1. The van der Waals surface area contributed by atoms with E-state index in [1.165, 1.54) is 0 Å². The summed E-state index contributed by atoms with van der Waals surface area (Å²) in [4.78, 5) is 6.42. The van der Waals surface area contributed by atoms with Gasteiger partial charge in [-0.05, 0) is 30.3 Å². The van der Waals surface area contributed by atoms with Crippen molar-refractivity contribution in [3.8, 4) is 11.8 Å². The molecule has 2 aromatic rings. The van der Waals surface area contributed by atoms with Crippen molar-refractivity contribution in [2.45, 2.75) is 18.4 Å². The molecule has 0 bridgehead atoms. The summed E-state index contributed by atoms with van der Waals surface area (Å²) in [6, 6.07) is 12.9. The Labute approximate surface area is 145 Å². The van der Waals surface area contributed by atoms with Gasteiger partial charge in [0, 0.05) is 36.5 Å². The topological polar surface area (TPSA) is 36.4 Å². The molecule has 1 aromatic carbocycles. The molecule has 1 aliphatic heterocycles. The van der Waals surface area contributed by atoms with Crippen LogP contribution in [0.1, 0.15) is 18.4 Å². The highest BCUT2D eigenvalue weighted by atomic mass is 35.5. The van der Waals surface area contributed by atoms with Crippen LogP contribution in [0.25, 0.3) is 0 Å². The molecule has 0 radical (unpaired) electrons. The van der Waals surface area contributed by atoms with Gasteiger partial charge in [-0.1, -0.05) is 47.2 Å². The van der Waals surface area contributed by atoms with Gasteiger partial charge in [0.25, 0.3) is 0 Å². The molecule has 3 nitrogen and oxygen atoms in total. The molecule has 0 unspecified atom stereocenters. The Morgan fingerprint density at radius 2 is 1.83 bits per heavy atom. The van der Waals surface area contributed by atoms with Crippen LogP contribution >= 0.6 is 23.2 Å². The fourth-order valence-electron chi connectivity index (χ4n) is 2.56. The van der Waals surface area contributed by atoms with Gasteiger partial charge in [-0.2, -0.15) is 0 Å². The molecule has 0 spiro atoms. The minimum absolute atomic E-state index is 0.476. The number of halogens is 2. The lowest BCUT2D eigenvalue weighted by atomic mass is 9.91. The van der Waals surface area contributed by atoms with Gasteiger partial charge in [0.1, 0.15) is 16.6 Å². The molecular weight excluding hydrogens is 331 g/mol. The first-order chi connectivity index (χ1) is 11.0. The predicted octanol–water partition coefficient (Wildman–Crippen LogP) is 3.77. The number of aliphatic hydroxyl groups is 1. The fraction of sp³-hybridized carbons (Fsp3) is 0.278. The van der Waals surface area contributed by atoms with Gasteiger partial charge in [0.2, 0.25) is 0 Å². The second kappa shape index (κ2) is 6.80. The number of hydrogen-bond donors (Lipinski definition) is 1. The molecule has 0 aliphatic carbocycles. The van der Waals surface area contributed by atoms with E-state index in [2.05, 4.69) is 21.7 Å². The fourth-order valence-corrected chi connectivity index (χ4v) is 2.91. The molecule has 1 aliphatic rings. The van der Waals surface area contributed by atoms with Crippen molar-refractivity contribution in [3.63, 3.8) is 0 Å². The zero-order valence-corrected chi connectivity index (χ0v) is 14.0. The minimum atomic E-state index is -0.975. The van der Waals surface area contributed by atoms with Crippen molar-refractivity contribution < 1.29 is 5.11 Å². The molecular formula is C18H16Cl2N2O. The first-order valence-corrected chi connectivity index (χ1v) is 8.18. The zero-order valence-electron chi connectivity index (χ0n) is 12.5. The molecule has 1 fully saturated rings. The Hall–Kier alpha value is -1.73. The maximum Gasteiger partial charge on any atom is 0.131 e. The van der Waals surface area contributed by atoms with Crippen molar-refractivity contribution in [3.05, 3.63) is 58.2 Å². The van der Waals surface area contributed by atoms with E-state index in [-0.39, 0.29) is 0 Å². The van der Waals surface area contributed by atoms with Crippen molar-refractivity contribution >= 4 is 29.0 Å². The standard InChI is InChI=1S/C18H16Cl2N2O/c19-15-4-1-3-14(13-15)7-8-18(23)9-11-22(12-10-18)17-6-2-5-16(20)21-17/h1-6,13,23H,9-12H2. The largest absolute Gasteiger partial charge is 0.377 e. The van der Waals surface area contributed by atoms with E-state index in [1.54, 1.807) is 18.2 Å². The molecule has 1 aromatic heterocycles. The molecule has 2 heterocycles. The first kappa shape index (κ1) is 16.1. The van der Waals surface area contributed by atoms with Gasteiger partial charge in [0.15, 0.2) is 0 Å². The minimum Gasteiger partial charge on any atom is -0.377 e. The maximum absolute atomic E-state index is 10.6. The van der Waals surface area contributed by atoms with Gasteiger partial charge >= 0.3 is 0 Å². The van der Waals surface area contributed by atoms with E-state index in [0.29, 0.717) is 36.1 Å². The van der Waals surface area contributed by atoms with Crippen LogP contribution in [-0.4, -0.2) is 28.8 Å². The zero-order chi connectivity index (χ0) is 16.3. The average Bonchev–Trinajstić information content (AvgIpc) is 2.54. The van der Waals surface area contributed by atoms with Crippen LogP contribution in [0.5, 0.6) is 0 Å². The summed E-state index contributed by atoms with van der Waals surface area (Å²) in [7, 11) is 0. The molecule has 5 heteroatoms. The van der Waals surface area contributed by atoms with Gasteiger partial charge in [-0.3, -0.25) is 0 Å². The second-order valence-electron chi connectivity index (χ2n) is 5.60. The van der Waals surface area contributed by atoms with E-state index in [1.807, 2.05) is 24.3 Å². The highest BCUT2D eigenvalue weighted by Gasteiger charge is 2.31. The van der Waals surface area contributed by atoms with Gasteiger partial charge in [-0.15, -0.1) is 0 Å². The van der Waals surface area contributed by atoms with E-state index in [4.69, 9.17) is 23.2 Å². The van der Waals surface area contributed by atoms with Gasteiger partial charge in [-0.25, -0.2) is 4.98 Å². The molecule has 0 atom stereocenters. The van der Waals surface area contributed by atoms with Crippen molar-refractivity contribution in [1.29, 1.82) is 0 Å². The monoisotopic (exact) mass is 346 g/mol. The Morgan fingerprint density at radius 1 is 1.09 bits per heavy atom. The molecule has 118 valence electrons. The number of aromatic nitrogens is 1. The summed E-state index contributed by atoms with van der Waals surface area (Å²) in [5.74, 6) is 6.85. The number of pyridine rings is 1. The average molecular weight is 347 g/mol. The van der Waals surface area contributed by atoms with Crippen molar-refractivity contribution in [1.82, 2.24) is 4.98 Å². The van der Waals surface area contributed by atoms with Crippen LogP contribution in [0, 0.1) is 11.8 Å². The highest BCUT2D eigenvalue weighted by Crippen LogP contribution is 2.25. The lowest BCUT2D eigenvalue weighted by molar-refractivity contribution is 0.0745. The molecule has 1 saturated heterocycles. The Kier molecular flexibility index (Phi) is 4.77. The van der Waals surface area contributed by atoms with E-state index in [0.717, 1.165) is 11.4 Å². The third-order valence-corrected chi connectivity index (χ3v) is 4.32. The highest BCUT2D eigenvalue weighted by molar-refractivity contribution is 6.30. The van der Waals surface area contributed by atoms with Gasteiger partial charge < -0.3 is 10.0 Å². The predicted molar refractivity (Wildman–Crippen MR) is 94.0 cm³/mol.